The number of nitro benzene ring substituents is 1. The Balaban J connectivity index is 1.37. The monoisotopic (exact) mass is 478 g/mol. The largest absolute Gasteiger partial charge is 0.514 e. The molecule has 0 aromatic heterocycles. The number of amides is 1. The second kappa shape index (κ2) is 9.68. The maximum Gasteiger partial charge on any atom is 0.514 e. The van der Waals surface area contributed by atoms with Crippen molar-refractivity contribution >= 4 is 17.7 Å². The van der Waals surface area contributed by atoms with Gasteiger partial charge in [-0.2, -0.15) is 0 Å². The Morgan fingerprint density at radius 2 is 1.83 bits per heavy atom. The quantitative estimate of drug-likeness (QED) is 0.250. The lowest BCUT2D eigenvalue weighted by atomic mass is 9.62. The number of ether oxygens (including phenoxy) is 2. The van der Waals surface area contributed by atoms with E-state index in [4.69, 9.17) is 9.47 Å². The van der Waals surface area contributed by atoms with Crippen LogP contribution in [0.4, 0.5) is 10.5 Å². The van der Waals surface area contributed by atoms with Crippen LogP contribution < -0.4 is 4.74 Å². The van der Waals surface area contributed by atoms with Crippen LogP contribution in [0.2, 0.25) is 0 Å². The molecule has 0 N–H and O–H groups in total. The molecular formula is C27H30N2O6. The Labute approximate surface area is 204 Å². The zero-order valence-corrected chi connectivity index (χ0v) is 19.6. The summed E-state index contributed by atoms with van der Waals surface area (Å²) in [5, 5.41) is 10.9. The number of carbonyl (C=O) groups is 2. The van der Waals surface area contributed by atoms with Gasteiger partial charge in [0.25, 0.3) is 5.69 Å². The fourth-order valence-corrected chi connectivity index (χ4v) is 6.65. The van der Waals surface area contributed by atoms with Gasteiger partial charge in [-0.3, -0.25) is 14.9 Å². The molecule has 2 aromatic carbocycles. The maximum atomic E-state index is 12.9. The Bertz CT molecular complexity index is 1090. The number of rotatable bonds is 5. The minimum atomic E-state index is -0.800. The lowest BCUT2D eigenvalue weighted by Crippen LogP contribution is -2.58. The molecule has 8 heteroatoms. The second-order valence-corrected chi connectivity index (χ2v) is 9.90. The van der Waals surface area contributed by atoms with Gasteiger partial charge in [-0.25, -0.2) is 4.79 Å². The molecule has 0 unspecified atom stereocenters. The molecule has 0 bridgehead atoms. The van der Waals surface area contributed by atoms with E-state index in [-0.39, 0.29) is 40.8 Å². The smallest absolute Gasteiger partial charge is 0.430 e. The van der Waals surface area contributed by atoms with Crippen LogP contribution in [-0.2, 0) is 16.0 Å². The van der Waals surface area contributed by atoms with Gasteiger partial charge in [0.15, 0.2) is 0 Å². The normalized spacial score (nSPS) is 27.9. The standard InChI is InChI=1S/C27H30N2O6/c30-25-9-4-8-23-22(18-19-6-2-1-3-7-19)24(14-16-27(23)15-5-17-28(25)27)35-26(31)34-21-12-10-20(11-13-21)29(32)33/h1-3,6-7,10-13,22-24H,4-5,8-9,14-18H2/t22-,23+,24+,27-/m1/s1. The van der Waals surface area contributed by atoms with Gasteiger partial charge >= 0.3 is 6.16 Å². The summed E-state index contributed by atoms with van der Waals surface area (Å²) in [4.78, 5) is 38.2. The first-order chi connectivity index (χ1) is 17.0. The van der Waals surface area contributed by atoms with E-state index in [1.807, 2.05) is 18.2 Å². The van der Waals surface area contributed by atoms with Gasteiger partial charge in [-0.05, 0) is 68.6 Å². The summed E-state index contributed by atoms with van der Waals surface area (Å²) in [5.41, 5.74) is 0.970. The van der Waals surface area contributed by atoms with Crippen LogP contribution in [-0.4, -0.2) is 40.1 Å². The first-order valence-corrected chi connectivity index (χ1v) is 12.4. The summed E-state index contributed by atoms with van der Waals surface area (Å²) in [7, 11) is 0. The summed E-state index contributed by atoms with van der Waals surface area (Å²) >= 11 is 0. The number of hydrogen-bond acceptors (Lipinski definition) is 6. The van der Waals surface area contributed by atoms with Gasteiger partial charge in [-0.1, -0.05) is 30.3 Å². The molecule has 1 amide bonds. The highest BCUT2D eigenvalue weighted by Gasteiger charge is 2.56. The zero-order chi connectivity index (χ0) is 24.4. The van der Waals surface area contributed by atoms with Crippen molar-refractivity contribution in [3.63, 3.8) is 0 Å². The molecule has 2 aliphatic heterocycles. The van der Waals surface area contributed by atoms with Gasteiger partial charge in [0.05, 0.1) is 4.92 Å². The molecule has 2 heterocycles. The van der Waals surface area contributed by atoms with Gasteiger partial charge in [0.2, 0.25) is 5.91 Å². The number of nitro groups is 1. The van der Waals surface area contributed by atoms with E-state index in [1.54, 1.807) is 0 Å². The predicted molar refractivity (Wildman–Crippen MR) is 128 cm³/mol. The molecule has 3 aliphatic rings. The summed E-state index contributed by atoms with van der Waals surface area (Å²) in [6.07, 6.45) is 5.55. The number of non-ortho nitro benzene ring substituents is 1. The summed E-state index contributed by atoms with van der Waals surface area (Å²) in [5.74, 6) is 0.791. The number of benzene rings is 2. The van der Waals surface area contributed by atoms with E-state index >= 15 is 0 Å². The summed E-state index contributed by atoms with van der Waals surface area (Å²) in [6.45, 7) is 0.821. The van der Waals surface area contributed by atoms with Crippen molar-refractivity contribution < 1.29 is 24.0 Å². The van der Waals surface area contributed by atoms with E-state index in [1.165, 1.54) is 29.8 Å². The highest BCUT2D eigenvalue weighted by atomic mass is 16.7. The van der Waals surface area contributed by atoms with Crippen molar-refractivity contribution in [2.24, 2.45) is 11.8 Å². The molecule has 8 nitrogen and oxygen atoms in total. The van der Waals surface area contributed by atoms with E-state index < -0.39 is 11.1 Å². The number of carbonyl (C=O) groups excluding carboxylic acids is 2. The zero-order valence-electron chi connectivity index (χ0n) is 19.6. The van der Waals surface area contributed by atoms with Gasteiger partial charge in [0.1, 0.15) is 11.9 Å². The van der Waals surface area contributed by atoms with Gasteiger partial charge in [0, 0.05) is 36.6 Å². The molecule has 2 aromatic rings. The summed E-state index contributed by atoms with van der Waals surface area (Å²) < 4.78 is 11.3. The van der Waals surface area contributed by atoms with Crippen molar-refractivity contribution in [3.8, 4) is 5.75 Å². The molecular weight excluding hydrogens is 448 g/mol. The van der Waals surface area contributed by atoms with Crippen LogP contribution in [0.25, 0.3) is 0 Å². The maximum absolute atomic E-state index is 12.9. The molecule has 3 fully saturated rings. The third-order valence-corrected chi connectivity index (χ3v) is 8.09. The van der Waals surface area contributed by atoms with Crippen molar-refractivity contribution in [1.29, 1.82) is 0 Å². The third kappa shape index (κ3) is 4.61. The lowest BCUT2D eigenvalue weighted by Gasteiger charge is -2.52. The van der Waals surface area contributed by atoms with Crippen LogP contribution in [0.1, 0.15) is 50.5 Å². The fraction of sp³-hybridized carbons (Fsp3) is 0.481. The predicted octanol–water partition coefficient (Wildman–Crippen LogP) is 5.29. The Hall–Kier alpha value is -3.42. The minimum absolute atomic E-state index is 0.0714. The molecule has 1 saturated carbocycles. The molecule has 1 spiro atoms. The number of hydrogen-bond donors (Lipinski definition) is 0. The Kier molecular flexibility index (Phi) is 6.45. The van der Waals surface area contributed by atoms with Crippen molar-refractivity contribution in [3.05, 3.63) is 70.3 Å². The second-order valence-electron chi connectivity index (χ2n) is 9.90. The van der Waals surface area contributed by atoms with E-state index in [0.717, 1.165) is 45.1 Å². The van der Waals surface area contributed by atoms with Crippen LogP contribution in [0, 0.1) is 22.0 Å². The van der Waals surface area contributed by atoms with E-state index in [0.29, 0.717) is 12.8 Å². The highest BCUT2D eigenvalue weighted by molar-refractivity contribution is 5.78. The summed E-state index contributed by atoms with van der Waals surface area (Å²) in [6, 6.07) is 15.6. The van der Waals surface area contributed by atoms with Gasteiger partial charge < -0.3 is 14.4 Å². The topological polar surface area (TPSA) is 99.0 Å². The van der Waals surface area contributed by atoms with Crippen molar-refractivity contribution in [1.82, 2.24) is 4.90 Å². The Morgan fingerprint density at radius 3 is 2.57 bits per heavy atom. The lowest BCUT2D eigenvalue weighted by molar-refractivity contribution is -0.384. The molecule has 5 rings (SSSR count). The van der Waals surface area contributed by atoms with Crippen LogP contribution in [0.15, 0.2) is 54.6 Å². The first kappa shape index (κ1) is 23.3. The van der Waals surface area contributed by atoms with Crippen molar-refractivity contribution in [2.45, 2.75) is 63.0 Å². The molecule has 4 atom stereocenters. The van der Waals surface area contributed by atoms with Crippen LogP contribution in [0.3, 0.4) is 0 Å². The fourth-order valence-electron chi connectivity index (χ4n) is 6.65. The molecule has 35 heavy (non-hydrogen) atoms. The highest BCUT2D eigenvalue weighted by Crippen LogP contribution is 2.53. The third-order valence-electron chi connectivity index (χ3n) is 8.09. The average molecular weight is 479 g/mol. The van der Waals surface area contributed by atoms with E-state index in [2.05, 4.69) is 17.0 Å². The van der Waals surface area contributed by atoms with E-state index in [9.17, 15) is 19.7 Å². The minimum Gasteiger partial charge on any atom is -0.430 e. The molecule has 0 radical (unpaired) electrons. The Morgan fingerprint density at radius 1 is 1.06 bits per heavy atom. The van der Waals surface area contributed by atoms with Crippen LogP contribution in [0.5, 0.6) is 5.75 Å². The molecule has 184 valence electrons. The molecule has 2 saturated heterocycles. The van der Waals surface area contributed by atoms with Crippen molar-refractivity contribution in [2.75, 3.05) is 6.54 Å². The SMILES string of the molecule is O=C(Oc1ccc([N+](=O)[O-])cc1)O[C@H]1CC[C@@]23CCCN2C(=O)CCC[C@H]3[C@H]1Cc1ccccc1. The van der Waals surface area contributed by atoms with Gasteiger partial charge in [-0.15, -0.1) is 0 Å². The number of nitrogens with zero attached hydrogens (tertiary/aromatic N) is 2. The average Bonchev–Trinajstić information content (AvgIpc) is 3.22. The van der Waals surface area contributed by atoms with Crippen LogP contribution >= 0.6 is 0 Å². The molecule has 1 aliphatic carbocycles. The first-order valence-electron chi connectivity index (χ1n) is 12.4.